The van der Waals surface area contributed by atoms with Crippen LogP contribution < -0.4 is 11.1 Å². The van der Waals surface area contributed by atoms with Crippen molar-refractivity contribution in [3.05, 3.63) is 41.2 Å². The third-order valence-electron chi connectivity index (χ3n) is 3.31. The molecule has 1 aromatic heterocycles. The quantitative estimate of drug-likeness (QED) is 0.898. The van der Waals surface area contributed by atoms with Gasteiger partial charge in [0.15, 0.2) is 5.69 Å². The Balaban J connectivity index is 2.30. The topological polar surface area (TPSA) is 72.9 Å². The fraction of sp³-hybridized carbons (Fsp3) is 0.333. The average molecular weight is 272 g/mol. The van der Waals surface area contributed by atoms with Crippen LogP contribution in [0.2, 0.25) is 0 Å². The van der Waals surface area contributed by atoms with Crippen LogP contribution in [0.1, 0.15) is 35.5 Å². The van der Waals surface area contributed by atoms with Crippen molar-refractivity contribution in [1.29, 1.82) is 0 Å². The van der Waals surface area contributed by atoms with E-state index in [4.69, 9.17) is 5.73 Å². The van der Waals surface area contributed by atoms with E-state index in [-0.39, 0.29) is 11.6 Å². The number of hydrogen-bond acceptors (Lipinski definition) is 3. The predicted octanol–water partition coefficient (Wildman–Crippen LogP) is 2.61. The number of aromatic nitrogens is 2. The Morgan fingerprint density at radius 1 is 1.40 bits per heavy atom. The van der Waals surface area contributed by atoms with Crippen LogP contribution in [0.4, 0.5) is 11.4 Å². The van der Waals surface area contributed by atoms with Gasteiger partial charge in [-0.3, -0.25) is 9.48 Å². The van der Waals surface area contributed by atoms with Crippen molar-refractivity contribution in [3.8, 4) is 0 Å². The van der Waals surface area contributed by atoms with Gasteiger partial charge in [0, 0.05) is 18.4 Å². The molecular formula is C15H20N4O. The third-order valence-corrected chi connectivity index (χ3v) is 3.31. The van der Waals surface area contributed by atoms with Gasteiger partial charge in [0.25, 0.3) is 5.91 Å². The van der Waals surface area contributed by atoms with Crippen LogP contribution in [-0.2, 0) is 13.0 Å². The summed E-state index contributed by atoms with van der Waals surface area (Å²) in [5.74, 6) is -0.265. The highest BCUT2D eigenvalue weighted by molar-refractivity contribution is 6.06. The van der Waals surface area contributed by atoms with Crippen LogP contribution in [0.25, 0.3) is 0 Å². The Morgan fingerprint density at radius 2 is 2.15 bits per heavy atom. The lowest BCUT2D eigenvalue weighted by Crippen LogP contribution is -2.16. The van der Waals surface area contributed by atoms with Crippen LogP contribution in [-0.4, -0.2) is 15.7 Å². The molecule has 0 saturated carbocycles. The number of rotatable bonds is 4. The molecule has 2 aromatic rings. The molecule has 0 aliphatic heterocycles. The van der Waals surface area contributed by atoms with E-state index in [2.05, 4.69) is 17.3 Å². The van der Waals surface area contributed by atoms with E-state index in [1.54, 1.807) is 10.9 Å². The van der Waals surface area contributed by atoms with Crippen molar-refractivity contribution in [2.75, 3.05) is 11.1 Å². The highest BCUT2D eigenvalue weighted by Crippen LogP contribution is 2.22. The number of aryl methyl sites for hydroxylation is 3. The molecule has 106 valence electrons. The van der Waals surface area contributed by atoms with Gasteiger partial charge in [-0.1, -0.05) is 25.1 Å². The lowest BCUT2D eigenvalue weighted by Gasteiger charge is -2.12. The highest BCUT2D eigenvalue weighted by atomic mass is 16.2. The maximum atomic E-state index is 12.3. The van der Waals surface area contributed by atoms with E-state index in [9.17, 15) is 4.79 Å². The number of carbonyl (C=O) groups excluding carboxylic acids is 1. The summed E-state index contributed by atoms with van der Waals surface area (Å²) in [4.78, 5) is 12.3. The lowest BCUT2D eigenvalue weighted by atomic mass is 10.1. The van der Waals surface area contributed by atoms with Crippen LogP contribution in [0, 0.1) is 6.92 Å². The van der Waals surface area contributed by atoms with Crippen molar-refractivity contribution < 1.29 is 4.79 Å². The number of amides is 1. The Hall–Kier alpha value is -2.30. The van der Waals surface area contributed by atoms with Crippen molar-refractivity contribution in [1.82, 2.24) is 9.78 Å². The molecule has 0 unspecified atom stereocenters. The largest absolute Gasteiger partial charge is 0.396 e. The Kier molecular flexibility index (Phi) is 4.08. The van der Waals surface area contributed by atoms with Gasteiger partial charge >= 0.3 is 0 Å². The van der Waals surface area contributed by atoms with Crippen molar-refractivity contribution >= 4 is 17.3 Å². The van der Waals surface area contributed by atoms with Gasteiger partial charge in [0.1, 0.15) is 0 Å². The molecular weight excluding hydrogens is 252 g/mol. The van der Waals surface area contributed by atoms with Gasteiger partial charge in [0.2, 0.25) is 0 Å². The maximum absolute atomic E-state index is 12.3. The minimum atomic E-state index is -0.265. The summed E-state index contributed by atoms with van der Waals surface area (Å²) < 4.78 is 1.66. The zero-order valence-electron chi connectivity index (χ0n) is 12.1. The number of nitrogen functional groups attached to an aromatic ring is 1. The Labute approximate surface area is 118 Å². The molecule has 20 heavy (non-hydrogen) atoms. The molecule has 0 spiro atoms. The zero-order chi connectivity index (χ0) is 14.7. The number of nitrogens with one attached hydrogen (secondary N) is 1. The molecule has 5 nitrogen and oxygen atoms in total. The summed E-state index contributed by atoms with van der Waals surface area (Å²) in [5, 5.41) is 7.12. The first-order valence-electron chi connectivity index (χ1n) is 6.79. The normalized spacial score (nSPS) is 10.6. The monoisotopic (exact) mass is 272 g/mol. The molecule has 1 aromatic carbocycles. The third kappa shape index (κ3) is 2.66. The number of nitrogens with two attached hydrogens (primary N) is 1. The molecule has 0 aliphatic carbocycles. The maximum Gasteiger partial charge on any atom is 0.278 e. The SMILES string of the molecule is CCc1cccc(C)c1NC(=O)c1nn(CC)cc1N. The zero-order valence-corrected chi connectivity index (χ0v) is 12.1. The number of anilines is 2. The fourth-order valence-corrected chi connectivity index (χ4v) is 2.15. The van der Waals surface area contributed by atoms with Crippen molar-refractivity contribution in [2.45, 2.75) is 33.7 Å². The van der Waals surface area contributed by atoms with Crippen LogP contribution in [0.15, 0.2) is 24.4 Å². The van der Waals surface area contributed by atoms with E-state index in [0.29, 0.717) is 12.2 Å². The first-order chi connectivity index (χ1) is 9.56. The average Bonchev–Trinajstić information content (AvgIpc) is 2.82. The van der Waals surface area contributed by atoms with E-state index in [0.717, 1.165) is 23.2 Å². The molecule has 0 atom stereocenters. The summed E-state index contributed by atoms with van der Waals surface area (Å²) in [5.41, 5.74) is 9.50. The molecule has 5 heteroatoms. The van der Waals surface area contributed by atoms with Crippen LogP contribution in [0.5, 0.6) is 0 Å². The summed E-state index contributed by atoms with van der Waals surface area (Å²) >= 11 is 0. The van der Waals surface area contributed by atoms with Gasteiger partial charge in [-0.2, -0.15) is 5.10 Å². The van der Waals surface area contributed by atoms with Crippen LogP contribution >= 0.6 is 0 Å². The molecule has 0 bridgehead atoms. The molecule has 0 saturated heterocycles. The summed E-state index contributed by atoms with van der Waals surface area (Å²) in [6, 6.07) is 5.98. The minimum absolute atomic E-state index is 0.265. The van der Waals surface area contributed by atoms with Gasteiger partial charge in [0.05, 0.1) is 5.69 Å². The van der Waals surface area contributed by atoms with Crippen LogP contribution in [0.3, 0.4) is 0 Å². The molecule has 0 fully saturated rings. The minimum Gasteiger partial charge on any atom is -0.396 e. The van der Waals surface area contributed by atoms with Crippen molar-refractivity contribution in [3.63, 3.8) is 0 Å². The Morgan fingerprint density at radius 3 is 2.75 bits per heavy atom. The number of hydrogen-bond donors (Lipinski definition) is 2. The standard InChI is InChI=1S/C15H20N4O/c1-4-11-8-6-7-10(3)13(11)17-15(20)14-12(16)9-19(5-2)18-14/h6-9H,4-5,16H2,1-3H3,(H,17,20). The number of carbonyl (C=O) groups is 1. The highest BCUT2D eigenvalue weighted by Gasteiger charge is 2.16. The fourth-order valence-electron chi connectivity index (χ4n) is 2.15. The smallest absolute Gasteiger partial charge is 0.278 e. The van der Waals surface area contributed by atoms with E-state index >= 15 is 0 Å². The second-order valence-corrected chi connectivity index (χ2v) is 4.71. The molecule has 1 heterocycles. The molecule has 3 N–H and O–H groups in total. The number of benzene rings is 1. The lowest BCUT2D eigenvalue weighted by molar-refractivity contribution is 0.102. The van der Waals surface area contributed by atoms with Crippen molar-refractivity contribution in [2.24, 2.45) is 0 Å². The first-order valence-corrected chi connectivity index (χ1v) is 6.79. The molecule has 1 amide bonds. The van der Waals surface area contributed by atoms with Gasteiger partial charge in [-0.05, 0) is 31.4 Å². The predicted molar refractivity (Wildman–Crippen MR) is 80.8 cm³/mol. The number of nitrogens with zero attached hydrogens (tertiary/aromatic N) is 2. The molecule has 0 radical (unpaired) electrons. The second-order valence-electron chi connectivity index (χ2n) is 4.71. The summed E-state index contributed by atoms with van der Waals surface area (Å²) in [7, 11) is 0. The van der Waals surface area contributed by atoms with E-state index < -0.39 is 0 Å². The second kappa shape index (κ2) is 5.77. The first kappa shape index (κ1) is 14.1. The van der Waals surface area contributed by atoms with Gasteiger partial charge < -0.3 is 11.1 Å². The summed E-state index contributed by atoms with van der Waals surface area (Å²) in [6.45, 7) is 6.67. The molecule has 2 rings (SSSR count). The van der Waals surface area contributed by atoms with E-state index in [1.807, 2.05) is 32.0 Å². The summed E-state index contributed by atoms with van der Waals surface area (Å²) in [6.07, 6.45) is 2.53. The number of para-hydroxylation sites is 1. The molecule has 0 aliphatic rings. The van der Waals surface area contributed by atoms with E-state index in [1.165, 1.54) is 0 Å². The van der Waals surface area contributed by atoms with Gasteiger partial charge in [-0.25, -0.2) is 0 Å². The Bertz CT molecular complexity index is 631. The van der Waals surface area contributed by atoms with Gasteiger partial charge in [-0.15, -0.1) is 0 Å².